The Morgan fingerprint density at radius 1 is 1.25 bits per heavy atom. The van der Waals surface area contributed by atoms with Crippen LogP contribution in [0.15, 0.2) is 0 Å². The average molecular weight is 342 g/mol. The molecule has 0 unspecified atom stereocenters. The van der Waals surface area contributed by atoms with Crippen LogP contribution in [0.25, 0.3) is 0 Å². The molecule has 1 aliphatic heterocycles. The number of aliphatic hydroxyl groups excluding tert-OH is 2. The number of aliphatic hydroxyl groups is 2. The summed E-state index contributed by atoms with van der Waals surface area (Å²) in [4.78, 5) is 16.1. The maximum Gasteiger partial charge on any atom is 0.410 e. The fraction of sp³-hybridized carbons (Fsp3) is 0.944. The van der Waals surface area contributed by atoms with Crippen LogP contribution in [0.5, 0.6) is 0 Å². The van der Waals surface area contributed by atoms with E-state index in [1.807, 2.05) is 20.8 Å². The molecule has 1 aliphatic carbocycles. The molecule has 0 radical (unpaired) electrons. The minimum atomic E-state index is -0.471. The van der Waals surface area contributed by atoms with Crippen molar-refractivity contribution in [3.05, 3.63) is 0 Å². The zero-order valence-corrected chi connectivity index (χ0v) is 15.4. The highest BCUT2D eigenvalue weighted by Gasteiger charge is 2.32. The number of nitrogens with zero attached hydrogens (tertiary/aromatic N) is 2. The summed E-state index contributed by atoms with van der Waals surface area (Å²) in [5, 5.41) is 19.8. The molecule has 6 nitrogen and oxygen atoms in total. The second-order valence-corrected chi connectivity index (χ2v) is 8.18. The zero-order chi connectivity index (χ0) is 17.7. The second-order valence-electron chi connectivity index (χ2n) is 8.18. The Balaban J connectivity index is 1.77. The highest BCUT2D eigenvalue weighted by molar-refractivity contribution is 5.68. The van der Waals surface area contributed by atoms with Crippen molar-refractivity contribution in [1.82, 2.24) is 9.80 Å². The van der Waals surface area contributed by atoms with Crippen LogP contribution in [-0.2, 0) is 4.74 Å². The number of rotatable bonds is 6. The van der Waals surface area contributed by atoms with Crippen LogP contribution in [0.4, 0.5) is 4.79 Å². The molecule has 6 heteroatoms. The quantitative estimate of drug-likeness (QED) is 0.770. The topological polar surface area (TPSA) is 73.2 Å². The maximum absolute atomic E-state index is 12.1. The van der Waals surface area contributed by atoms with Gasteiger partial charge in [-0.15, -0.1) is 0 Å². The smallest absolute Gasteiger partial charge is 0.410 e. The number of ether oxygens (including phenoxy) is 1. The first kappa shape index (κ1) is 19.5. The van der Waals surface area contributed by atoms with Gasteiger partial charge in [-0.2, -0.15) is 0 Å². The fourth-order valence-corrected chi connectivity index (χ4v) is 3.49. The summed E-state index contributed by atoms with van der Waals surface area (Å²) >= 11 is 0. The predicted molar refractivity (Wildman–Crippen MR) is 92.8 cm³/mol. The van der Waals surface area contributed by atoms with E-state index in [4.69, 9.17) is 4.74 Å². The third-order valence-electron chi connectivity index (χ3n) is 5.14. The maximum atomic E-state index is 12.1. The van der Waals surface area contributed by atoms with E-state index in [0.29, 0.717) is 32.2 Å². The van der Waals surface area contributed by atoms with E-state index in [-0.39, 0.29) is 18.6 Å². The highest BCUT2D eigenvalue weighted by atomic mass is 16.6. The van der Waals surface area contributed by atoms with Gasteiger partial charge in [0.2, 0.25) is 0 Å². The van der Waals surface area contributed by atoms with Crippen molar-refractivity contribution >= 4 is 6.09 Å². The minimum Gasteiger partial charge on any atom is -0.444 e. The van der Waals surface area contributed by atoms with Gasteiger partial charge in [0.15, 0.2) is 0 Å². The summed E-state index contributed by atoms with van der Waals surface area (Å²) in [6.07, 6.45) is 4.55. The van der Waals surface area contributed by atoms with Crippen LogP contribution < -0.4 is 0 Å². The first-order valence-electron chi connectivity index (χ1n) is 9.31. The molecule has 1 heterocycles. The molecule has 0 aromatic heterocycles. The number of likely N-dealkylation sites (tertiary alicyclic amines) is 1. The van der Waals surface area contributed by atoms with Gasteiger partial charge in [-0.3, -0.25) is 4.90 Å². The molecular formula is C18H34N2O4. The van der Waals surface area contributed by atoms with Gasteiger partial charge in [0.1, 0.15) is 5.60 Å². The van der Waals surface area contributed by atoms with E-state index in [1.54, 1.807) is 4.90 Å². The Morgan fingerprint density at radius 3 is 2.33 bits per heavy atom. The van der Waals surface area contributed by atoms with E-state index < -0.39 is 11.7 Å². The summed E-state index contributed by atoms with van der Waals surface area (Å²) in [5.41, 5.74) is -0.471. The van der Waals surface area contributed by atoms with Gasteiger partial charge in [-0.1, -0.05) is 6.42 Å². The summed E-state index contributed by atoms with van der Waals surface area (Å²) < 4.78 is 5.41. The Bertz CT molecular complexity index is 398. The molecule has 24 heavy (non-hydrogen) atoms. The third-order valence-corrected chi connectivity index (χ3v) is 5.14. The standard InChI is InChI=1S/C18H34N2O4/c1-18(2,3)24-17(23)19-9-7-14(8-10-19)16(22)13-20(11-12-21)15-5-4-6-15/h14-16,21-22H,4-13H2,1-3H3/t16-/m1/s1. The van der Waals surface area contributed by atoms with Crippen molar-refractivity contribution in [2.45, 2.75) is 70.6 Å². The molecule has 0 bridgehead atoms. The molecule has 2 aliphatic rings. The van der Waals surface area contributed by atoms with Gasteiger partial charge in [0.25, 0.3) is 0 Å². The van der Waals surface area contributed by atoms with Crippen molar-refractivity contribution in [2.75, 3.05) is 32.8 Å². The summed E-state index contributed by atoms with van der Waals surface area (Å²) in [6, 6.07) is 0.522. The summed E-state index contributed by atoms with van der Waals surface area (Å²) in [6.45, 7) is 8.30. The lowest BCUT2D eigenvalue weighted by molar-refractivity contribution is -0.00916. The van der Waals surface area contributed by atoms with E-state index in [1.165, 1.54) is 19.3 Å². The lowest BCUT2D eigenvalue weighted by Gasteiger charge is -2.41. The molecule has 140 valence electrons. The third kappa shape index (κ3) is 5.60. The van der Waals surface area contributed by atoms with Gasteiger partial charge in [-0.05, 0) is 52.4 Å². The van der Waals surface area contributed by atoms with Crippen molar-refractivity contribution in [2.24, 2.45) is 5.92 Å². The van der Waals surface area contributed by atoms with Gasteiger partial charge >= 0.3 is 6.09 Å². The molecule has 1 saturated carbocycles. The number of hydrogen-bond donors (Lipinski definition) is 2. The first-order chi connectivity index (χ1) is 11.3. The Labute approximate surface area is 145 Å². The van der Waals surface area contributed by atoms with Crippen LogP contribution in [-0.4, -0.2) is 76.6 Å². The largest absolute Gasteiger partial charge is 0.444 e. The average Bonchev–Trinajstić information content (AvgIpc) is 2.44. The van der Waals surface area contributed by atoms with Crippen molar-refractivity contribution in [3.63, 3.8) is 0 Å². The molecular weight excluding hydrogens is 308 g/mol. The van der Waals surface area contributed by atoms with Crippen molar-refractivity contribution in [1.29, 1.82) is 0 Å². The minimum absolute atomic E-state index is 0.139. The first-order valence-corrected chi connectivity index (χ1v) is 9.31. The van der Waals surface area contributed by atoms with Crippen molar-refractivity contribution < 1.29 is 19.7 Å². The van der Waals surface area contributed by atoms with Crippen LogP contribution in [0, 0.1) is 5.92 Å². The lowest BCUT2D eigenvalue weighted by Crippen LogP contribution is -2.49. The van der Waals surface area contributed by atoms with E-state index in [0.717, 1.165) is 12.8 Å². The number of hydrogen-bond acceptors (Lipinski definition) is 5. The molecule has 2 fully saturated rings. The summed E-state index contributed by atoms with van der Waals surface area (Å²) in [7, 11) is 0. The van der Waals surface area contributed by atoms with E-state index >= 15 is 0 Å². The molecule has 1 atom stereocenters. The van der Waals surface area contributed by atoms with E-state index in [9.17, 15) is 15.0 Å². The van der Waals surface area contributed by atoms with Gasteiger partial charge in [0.05, 0.1) is 12.7 Å². The number of carbonyl (C=O) groups excluding carboxylic acids is 1. The Morgan fingerprint density at radius 2 is 1.88 bits per heavy atom. The van der Waals surface area contributed by atoms with Gasteiger partial charge in [0, 0.05) is 32.2 Å². The number of piperidine rings is 1. The number of carbonyl (C=O) groups is 1. The highest BCUT2D eigenvalue weighted by Crippen LogP contribution is 2.27. The fourth-order valence-electron chi connectivity index (χ4n) is 3.49. The molecule has 2 N–H and O–H groups in total. The predicted octanol–water partition coefficient (Wildman–Crippen LogP) is 1.84. The molecule has 1 amide bonds. The van der Waals surface area contributed by atoms with E-state index in [2.05, 4.69) is 4.90 Å². The molecule has 0 aromatic carbocycles. The lowest BCUT2D eigenvalue weighted by atomic mass is 9.88. The number of amides is 1. The Hall–Kier alpha value is -0.850. The molecule has 1 saturated heterocycles. The van der Waals surface area contributed by atoms with Gasteiger partial charge in [-0.25, -0.2) is 4.79 Å². The van der Waals surface area contributed by atoms with Gasteiger partial charge < -0.3 is 19.8 Å². The zero-order valence-electron chi connectivity index (χ0n) is 15.4. The summed E-state index contributed by atoms with van der Waals surface area (Å²) in [5.74, 6) is 0.213. The SMILES string of the molecule is CC(C)(C)OC(=O)N1CCC([C@H](O)CN(CCO)C2CCC2)CC1. The normalized spacial score (nSPS) is 21.7. The van der Waals surface area contributed by atoms with Crippen LogP contribution in [0.2, 0.25) is 0 Å². The van der Waals surface area contributed by atoms with Crippen LogP contribution in [0.1, 0.15) is 52.9 Å². The molecule has 0 spiro atoms. The molecule has 2 rings (SSSR count). The van der Waals surface area contributed by atoms with Crippen molar-refractivity contribution in [3.8, 4) is 0 Å². The Kier molecular flexibility index (Phi) is 6.89. The van der Waals surface area contributed by atoms with Crippen LogP contribution in [0.3, 0.4) is 0 Å². The molecule has 0 aromatic rings. The van der Waals surface area contributed by atoms with Crippen LogP contribution >= 0.6 is 0 Å². The monoisotopic (exact) mass is 342 g/mol. The second kappa shape index (κ2) is 8.50.